The van der Waals surface area contributed by atoms with Gasteiger partial charge in [-0.15, -0.1) is 0 Å². The maximum absolute atomic E-state index is 2.58. The van der Waals surface area contributed by atoms with E-state index >= 15 is 0 Å². The fourth-order valence-electron chi connectivity index (χ4n) is 8.01. The molecular formula is C41H39N. The molecule has 1 heteroatoms. The molecule has 5 aromatic carbocycles. The van der Waals surface area contributed by atoms with Gasteiger partial charge < -0.3 is 4.90 Å². The Kier molecular flexibility index (Phi) is 6.11. The summed E-state index contributed by atoms with van der Waals surface area (Å²) in [4.78, 5) is 2.58. The van der Waals surface area contributed by atoms with Crippen LogP contribution in [-0.4, -0.2) is 0 Å². The smallest absolute Gasteiger partial charge is 0.0543 e. The predicted molar refractivity (Wildman–Crippen MR) is 177 cm³/mol. The van der Waals surface area contributed by atoms with E-state index in [0.717, 1.165) is 6.42 Å². The average Bonchev–Trinajstić information content (AvgIpc) is 3.27. The van der Waals surface area contributed by atoms with E-state index in [1.54, 1.807) is 0 Å². The number of anilines is 3. The molecule has 1 nitrogen and oxygen atoms in total. The topological polar surface area (TPSA) is 3.24 Å². The second-order valence-electron chi connectivity index (χ2n) is 13.1. The lowest BCUT2D eigenvalue weighted by Gasteiger charge is -2.33. The molecule has 0 aliphatic heterocycles. The van der Waals surface area contributed by atoms with Gasteiger partial charge in [0, 0.05) is 22.4 Å². The number of hydrogen-bond donors (Lipinski definition) is 0. The monoisotopic (exact) mass is 545 g/mol. The summed E-state index contributed by atoms with van der Waals surface area (Å²) in [5.74, 6) is 0. The third-order valence-electron chi connectivity index (χ3n) is 10.2. The minimum Gasteiger partial charge on any atom is -0.310 e. The SMILES string of the molecule is CC1(C)c2ccccc2-c2cc(-c3ccc4c(c3)CCCC4)c(N(c3ccccc3)c3cccc4c3CCCC4)cc21. The second kappa shape index (κ2) is 10.0. The van der Waals surface area contributed by atoms with E-state index in [2.05, 4.69) is 122 Å². The normalized spacial score (nSPS) is 16.2. The summed E-state index contributed by atoms with van der Waals surface area (Å²) in [6.45, 7) is 4.80. The number of nitrogens with zero attached hydrogens (tertiary/aromatic N) is 1. The molecule has 0 fully saturated rings. The van der Waals surface area contributed by atoms with Gasteiger partial charge in [-0.2, -0.15) is 0 Å². The van der Waals surface area contributed by atoms with Gasteiger partial charge >= 0.3 is 0 Å². The molecule has 0 amide bonds. The molecule has 0 atom stereocenters. The van der Waals surface area contributed by atoms with Gasteiger partial charge in [0.2, 0.25) is 0 Å². The Balaban J connectivity index is 1.43. The highest BCUT2D eigenvalue weighted by Crippen LogP contribution is 2.54. The first-order valence-corrected chi connectivity index (χ1v) is 16.0. The van der Waals surface area contributed by atoms with Gasteiger partial charge in [0.15, 0.2) is 0 Å². The molecule has 0 heterocycles. The van der Waals surface area contributed by atoms with E-state index in [1.807, 2.05) is 0 Å². The predicted octanol–water partition coefficient (Wildman–Crippen LogP) is 10.9. The van der Waals surface area contributed by atoms with Crippen molar-refractivity contribution >= 4 is 17.1 Å². The van der Waals surface area contributed by atoms with Crippen molar-refractivity contribution in [3.8, 4) is 22.3 Å². The largest absolute Gasteiger partial charge is 0.310 e. The minimum atomic E-state index is -0.0620. The lowest BCUT2D eigenvalue weighted by atomic mass is 9.81. The quantitative estimate of drug-likeness (QED) is 0.217. The summed E-state index contributed by atoms with van der Waals surface area (Å²) < 4.78 is 0. The molecule has 0 saturated heterocycles. The zero-order valence-electron chi connectivity index (χ0n) is 24.9. The van der Waals surface area contributed by atoms with Crippen LogP contribution in [0.15, 0.2) is 103 Å². The first kappa shape index (κ1) is 25.6. The van der Waals surface area contributed by atoms with Crippen molar-refractivity contribution in [2.24, 2.45) is 0 Å². The van der Waals surface area contributed by atoms with Crippen molar-refractivity contribution < 1.29 is 0 Å². The minimum absolute atomic E-state index is 0.0620. The van der Waals surface area contributed by atoms with Crippen LogP contribution in [0.2, 0.25) is 0 Å². The summed E-state index contributed by atoms with van der Waals surface area (Å²) in [7, 11) is 0. The second-order valence-corrected chi connectivity index (χ2v) is 13.1. The molecule has 5 aromatic rings. The highest BCUT2D eigenvalue weighted by molar-refractivity contribution is 5.95. The average molecular weight is 546 g/mol. The number of rotatable bonds is 4. The van der Waals surface area contributed by atoms with Gasteiger partial charge in [0.1, 0.15) is 0 Å². The molecule has 42 heavy (non-hydrogen) atoms. The third-order valence-corrected chi connectivity index (χ3v) is 10.2. The maximum Gasteiger partial charge on any atom is 0.0543 e. The molecule has 0 unspecified atom stereocenters. The summed E-state index contributed by atoms with van der Waals surface area (Å²) in [6.07, 6.45) is 9.87. The van der Waals surface area contributed by atoms with Crippen molar-refractivity contribution in [2.45, 2.75) is 70.6 Å². The standard InChI is InChI=1S/C41H39N/c1-41(2)37-21-11-10-20-34(37)36-26-35(31-24-23-28-13-6-7-15-30(28)25-31)40(27-38(36)41)42(32-17-4-3-5-18-32)39-22-12-16-29-14-8-9-19-33(29)39/h3-5,10-12,16-18,20-27H,6-9,13-15,19H2,1-2H3. The van der Waals surface area contributed by atoms with E-state index in [0.29, 0.717) is 0 Å². The van der Waals surface area contributed by atoms with Crippen molar-refractivity contribution in [1.82, 2.24) is 0 Å². The molecule has 0 aromatic heterocycles. The first-order chi connectivity index (χ1) is 20.6. The molecule has 0 spiro atoms. The Morgan fingerprint density at radius 2 is 1.24 bits per heavy atom. The molecule has 3 aliphatic carbocycles. The van der Waals surface area contributed by atoms with E-state index in [9.17, 15) is 0 Å². The summed E-state index contributed by atoms with van der Waals surface area (Å²) in [5.41, 5.74) is 18.2. The van der Waals surface area contributed by atoms with Crippen LogP contribution in [0.25, 0.3) is 22.3 Å². The Hall–Kier alpha value is -4.10. The highest BCUT2D eigenvalue weighted by atomic mass is 15.1. The molecule has 0 radical (unpaired) electrons. The fraction of sp³-hybridized carbons (Fsp3) is 0.268. The van der Waals surface area contributed by atoms with Gasteiger partial charge in [-0.1, -0.05) is 86.6 Å². The van der Waals surface area contributed by atoms with Crippen molar-refractivity contribution in [2.75, 3.05) is 4.90 Å². The molecule has 0 N–H and O–H groups in total. The number of fused-ring (bicyclic) bond motifs is 5. The summed E-state index contributed by atoms with van der Waals surface area (Å²) in [6, 6.07) is 39.5. The van der Waals surface area contributed by atoms with Crippen molar-refractivity contribution in [3.63, 3.8) is 0 Å². The van der Waals surface area contributed by atoms with E-state index in [1.165, 1.54) is 118 Å². The molecule has 0 bridgehead atoms. The Labute approximate surface area is 250 Å². The number of benzene rings is 5. The van der Waals surface area contributed by atoms with Gasteiger partial charge in [-0.05, 0) is 132 Å². The van der Waals surface area contributed by atoms with Crippen LogP contribution in [0, 0.1) is 0 Å². The van der Waals surface area contributed by atoms with Gasteiger partial charge in [-0.25, -0.2) is 0 Å². The number of aryl methyl sites for hydroxylation is 3. The zero-order chi connectivity index (χ0) is 28.3. The van der Waals surface area contributed by atoms with Gasteiger partial charge in [0.25, 0.3) is 0 Å². The Morgan fingerprint density at radius 3 is 2.10 bits per heavy atom. The van der Waals surface area contributed by atoms with Crippen LogP contribution in [0.1, 0.15) is 72.9 Å². The third kappa shape index (κ3) is 4.05. The lowest BCUT2D eigenvalue weighted by molar-refractivity contribution is 0.660. The zero-order valence-corrected chi connectivity index (χ0v) is 24.9. The Bertz CT molecular complexity index is 1810. The van der Waals surface area contributed by atoms with Crippen LogP contribution in [0.5, 0.6) is 0 Å². The van der Waals surface area contributed by atoms with E-state index in [-0.39, 0.29) is 5.41 Å². The van der Waals surface area contributed by atoms with Crippen LogP contribution < -0.4 is 4.90 Å². The first-order valence-electron chi connectivity index (χ1n) is 16.0. The Morgan fingerprint density at radius 1 is 0.500 bits per heavy atom. The summed E-state index contributed by atoms with van der Waals surface area (Å²) in [5, 5.41) is 0. The van der Waals surface area contributed by atoms with Gasteiger partial charge in [0.05, 0.1) is 5.69 Å². The summed E-state index contributed by atoms with van der Waals surface area (Å²) >= 11 is 0. The van der Waals surface area contributed by atoms with E-state index < -0.39 is 0 Å². The van der Waals surface area contributed by atoms with E-state index in [4.69, 9.17) is 0 Å². The molecule has 3 aliphatic rings. The lowest BCUT2D eigenvalue weighted by Crippen LogP contribution is -2.19. The van der Waals surface area contributed by atoms with Gasteiger partial charge in [-0.3, -0.25) is 0 Å². The molecular weight excluding hydrogens is 506 g/mol. The van der Waals surface area contributed by atoms with Crippen LogP contribution >= 0.6 is 0 Å². The maximum atomic E-state index is 2.58. The molecule has 0 saturated carbocycles. The number of para-hydroxylation sites is 1. The van der Waals surface area contributed by atoms with Crippen LogP contribution in [0.4, 0.5) is 17.1 Å². The van der Waals surface area contributed by atoms with Crippen LogP contribution in [0.3, 0.4) is 0 Å². The molecule has 208 valence electrons. The number of hydrogen-bond acceptors (Lipinski definition) is 1. The van der Waals surface area contributed by atoms with Crippen molar-refractivity contribution in [1.29, 1.82) is 0 Å². The van der Waals surface area contributed by atoms with Crippen LogP contribution in [-0.2, 0) is 31.1 Å². The highest BCUT2D eigenvalue weighted by Gasteiger charge is 2.37. The fourth-order valence-corrected chi connectivity index (χ4v) is 8.01. The van der Waals surface area contributed by atoms with Crippen molar-refractivity contribution in [3.05, 3.63) is 137 Å². The molecule has 8 rings (SSSR count).